The molecule has 13 heavy (non-hydrogen) atoms. The van der Waals surface area contributed by atoms with Gasteiger partial charge in [-0.1, -0.05) is 6.92 Å². The lowest BCUT2D eigenvalue weighted by Crippen LogP contribution is -2.05. The van der Waals surface area contributed by atoms with Gasteiger partial charge >= 0.3 is 0 Å². The summed E-state index contributed by atoms with van der Waals surface area (Å²) >= 11 is 4.63. The largest absolute Gasteiger partial charge is 0.299 e. The third-order valence-corrected chi connectivity index (χ3v) is 3.26. The van der Waals surface area contributed by atoms with Crippen molar-refractivity contribution in [3.05, 3.63) is 20.8 Å². The number of carbonyl (C=O) groups excluding carboxylic acids is 2. The molecule has 0 spiro atoms. The number of Topliss-reactive ketones (excluding diaryl/α,β-unsaturated/α-hetero) is 2. The predicted molar refractivity (Wildman–Crippen MR) is 56.3 cm³/mol. The van der Waals surface area contributed by atoms with Crippen LogP contribution in [0.3, 0.4) is 0 Å². The molecule has 0 aliphatic rings. The maximum Gasteiger partial charge on any atom is 0.180 e. The van der Waals surface area contributed by atoms with Crippen LogP contribution in [0.2, 0.25) is 0 Å². The molecule has 1 aromatic heterocycles. The molecule has 0 fully saturated rings. The lowest BCUT2D eigenvalue weighted by molar-refractivity contribution is -0.117. The van der Waals surface area contributed by atoms with Gasteiger partial charge < -0.3 is 0 Å². The zero-order chi connectivity index (χ0) is 9.84. The van der Waals surface area contributed by atoms with Gasteiger partial charge in [-0.05, 0) is 28.1 Å². The van der Waals surface area contributed by atoms with E-state index >= 15 is 0 Å². The van der Waals surface area contributed by atoms with Crippen LogP contribution in [0.5, 0.6) is 0 Å². The van der Waals surface area contributed by atoms with E-state index in [9.17, 15) is 9.59 Å². The third-order valence-electron chi connectivity index (χ3n) is 1.60. The van der Waals surface area contributed by atoms with Crippen molar-refractivity contribution in [2.75, 3.05) is 0 Å². The highest BCUT2D eigenvalue weighted by atomic mass is 79.9. The molecule has 0 unspecified atom stereocenters. The summed E-state index contributed by atoms with van der Waals surface area (Å²) in [5, 5.41) is 0. The molecule has 4 heteroatoms. The van der Waals surface area contributed by atoms with Gasteiger partial charge in [0.15, 0.2) is 5.78 Å². The van der Waals surface area contributed by atoms with Crippen LogP contribution < -0.4 is 0 Å². The highest BCUT2D eigenvalue weighted by Gasteiger charge is 2.11. The Kier molecular flexibility index (Phi) is 3.81. The summed E-state index contributed by atoms with van der Waals surface area (Å²) < 4.78 is 0.916. The fourth-order valence-corrected chi connectivity index (χ4v) is 2.18. The molecule has 0 radical (unpaired) electrons. The fourth-order valence-electron chi connectivity index (χ4n) is 0.855. The molecule has 0 bridgehead atoms. The maximum atomic E-state index is 11.4. The van der Waals surface area contributed by atoms with E-state index in [0.29, 0.717) is 11.3 Å². The number of halogens is 1. The van der Waals surface area contributed by atoms with Gasteiger partial charge in [0.05, 0.1) is 15.1 Å². The Morgan fingerprint density at radius 1 is 1.46 bits per heavy atom. The minimum atomic E-state index is -0.0810. The van der Waals surface area contributed by atoms with Crippen LogP contribution in [0, 0.1) is 0 Å². The van der Waals surface area contributed by atoms with Gasteiger partial charge in [-0.15, -0.1) is 11.3 Å². The van der Waals surface area contributed by atoms with Crippen LogP contribution in [0.4, 0.5) is 0 Å². The van der Waals surface area contributed by atoms with Crippen LogP contribution in [-0.2, 0) is 4.79 Å². The van der Waals surface area contributed by atoms with Crippen molar-refractivity contribution in [1.82, 2.24) is 0 Å². The molecule has 0 aliphatic heterocycles. The lowest BCUT2D eigenvalue weighted by Gasteiger charge is -1.93. The molecule has 1 heterocycles. The average molecular weight is 261 g/mol. The van der Waals surface area contributed by atoms with E-state index in [1.807, 2.05) is 6.07 Å². The average Bonchev–Trinajstić information content (AvgIpc) is 2.51. The number of thiophene rings is 1. The second-order valence-corrected chi connectivity index (χ2v) is 5.06. The van der Waals surface area contributed by atoms with Gasteiger partial charge in [-0.2, -0.15) is 0 Å². The van der Waals surface area contributed by atoms with Gasteiger partial charge in [0.2, 0.25) is 0 Å². The van der Waals surface area contributed by atoms with Crippen molar-refractivity contribution in [2.24, 2.45) is 0 Å². The minimum absolute atomic E-state index is 0.00507. The van der Waals surface area contributed by atoms with Crippen LogP contribution in [0.25, 0.3) is 0 Å². The number of hydrogen-bond acceptors (Lipinski definition) is 3. The van der Waals surface area contributed by atoms with Crippen LogP contribution in [0.15, 0.2) is 15.9 Å². The Morgan fingerprint density at radius 3 is 2.62 bits per heavy atom. The highest BCUT2D eigenvalue weighted by Crippen LogP contribution is 2.23. The molecular weight excluding hydrogens is 252 g/mol. The Labute approximate surface area is 89.1 Å². The van der Waals surface area contributed by atoms with Crippen molar-refractivity contribution < 1.29 is 9.59 Å². The lowest BCUT2D eigenvalue weighted by atomic mass is 10.1. The summed E-state index contributed by atoms with van der Waals surface area (Å²) in [6.45, 7) is 1.76. The first-order chi connectivity index (χ1) is 6.13. The van der Waals surface area contributed by atoms with E-state index in [1.54, 1.807) is 13.0 Å². The number of hydrogen-bond donors (Lipinski definition) is 0. The van der Waals surface area contributed by atoms with E-state index in [1.165, 1.54) is 11.3 Å². The third kappa shape index (κ3) is 3.04. The molecule has 1 rings (SSSR count). The number of ketones is 2. The normalized spacial score (nSPS) is 10.0. The number of carbonyl (C=O) groups is 2. The van der Waals surface area contributed by atoms with Gasteiger partial charge in [0, 0.05) is 6.42 Å². The van der Waals surface area contributed by atoms with Crippen LogP contribution >= 0.6 is 27.3 Å². The van der Waals surface area contributed by atoms with Crippen molar-refractivity contribution in [3.8, 4) is 0 Å². The molecule has 0 aliphatic carbocycles. The summed E-state index contributed by atoms with van der Waals surface area (Å²) in [5.41, 5.74) is 0. The first kappa shape index (κ1) is 10.6. The second-order valence-electron chi connectivity index (χ2n) is 2.60. The van der Waals surface area contributed by atoms with Crippen molar-refractivity contribution in [1.29, 1.82) is 0 Å². The number of rotatable bonds is 4. The van der Waals surface area contributed by atoms with Gasteiger partial charge in [0.25, 0.3) is 0 Å². The Bertz CT molecular complexity index is 330. The summed E-state index contributed by atoms with van der Waals surface area (Å²) in [6.07, 6.45) is 0.460. The summed E-state index contributed by atoms with van der Waals surface area (Å²) in [4.78, 5) is 23.0. The quantitative estimate of drug-likeness (QED) is 0.616. The zero-order valence-electron chi connectivity index (χ0n) is 7.17. The Balaban J connectivity index is 2.64. The molecule has 0 saturated heterocycles. The molecule has 0 saturated carbocycles. The molecule has 0 amide bonds. The van der Waals surface area contributed by atoms with E-state index in [4.69, 9.17) is 0 Å². The van der Waals surface area contributed by atoms with E-state index < -0.39 is 0 Å². The Hall–Kier alpha value is -0.480. The predicted octanol–water partition coefficient (Wildman–Crippen LogP) is 3.06. The van der Waals surface area contributed by atoms with E-state index in [2.05, 4.69) is 15.9 Å². The Morgan fingerprint density at radius 2 is 2.15 bits per heavy atom. The molecular formula is C9H9BrO2S. The van der Waals surface area contributed by atoms with E-state index in [0.717, 1.165) is 3.79 Å². The van der Waals surface area contributed by atoms with Gasteiger partial charge in [0.1, 0.15) is 5.78 Å². The second kappa shape index (κ2) is 4.67. The van der Waals surface area contributed by atoms with Crippen LogP contribution in [-0.4, -0.2) is 11.6 Å². The summed E-state index contributed by atoms with van der Waals surface area (Å²) in [7, 11) is 0. The first-order valence-electron chi connectivity index (χ1n) is 3.93. The molecule has 0 atom stereocenters. The molecule has 0 aromatic carbocycles. The standard InChI is InChI=1S/C9H9BrO2S/c1-2-6(11)5-7(12)8-3-4-9(10)13-8/h3-4H,2,5H2,1H3. The monoisotopic (exact) mass is 260 g/mol. The van der Waals surface area contributed by atoms with E-state index in [-0.39, 0.29) is 18.0 Å². The van der Waals surface area contributed by atoms with Gasteiger partial charge in [-0.3, -0.25) is 9.59 Å². The SMILES string of the molecule is CCC(=O)CC(=O)c1ccc(Br)s1. The smallest absolute Gasteiger partial charge is 0.180 e. The molecule has 70 valence electrons. The minimum Gasteiger partial charge on any atom is -0.299 e. The van der Waals surface area contributed by atoms with Crippen molar-refractivity contribution >= 4 is 38.8 Å². The van der Waals surface area contributed by atoms with Crippen LogP contribution in [0.1, 0.15) is 29.4 Å². The zero-order valence-corrected chi connectivity index (χ0v) is 9.57. The topological polar surface area (TPSA) is 34.1 Å². The van der Waals surface area contributed by atoms with Crippen molar-refractivity contribution in [3.63, 3.8) is 0 Å². The molecule has 0 N–H and O–H groups in total. The van der Waals surface area contributed by atoms with Gasteiger partial charge in [-0.25, -0.2) is 0 Å². The summed E-state index contributed by atoms with van der Waals surface area (Å²) in [6, 6.07) is 3.55. The molecule has 2 nitrogen and oxygen atoms in total. The maximum absolute atomic E-state index is 11.4. The molecule has 1 aromatic rings. The first-order valence-corrected chi connectivity index (χ1v) is 5.54. The highest BCUT2D eigenvalue weighted by molar-refractivity contribution is 9.11. The fraction of sp³-hybridized carbons (Fsp3) is 0.333. The summed E-state index contributed by atoms with van der Waals surface area (Å²) in [5.74, 6) is -0.0860. The van der Waals surface area contributed by atoms with Crippen molar-refractivity contribution in [2.45, 2.75) is 19.8 Å².